The van der Waals surface area contributed by atoms with Crippen molar-refractivity contribution < 1.29 is 4.79 Å². The quantitative estimate of drug-likeness (QED) is 0.491. The van der Waals surface area contributed by atoms with Gasteiger partial charge >= 0.3 is 0 Å². The van der Waals surface area contributed by atoms with E-state index in [1.807, 2.05) is 24.5 Å². The number of benzene rings is 2. The largest absolute Gasteiger partial charge is 0.356 e. The van der Waals surface area contributed by atoms with E-state index in [4.69, 9.17) is 0 Å². The van der Waals surface area contributed by atoms with Crippen molar-refractivity contribution in [1.29, 1.82) is 0 Å². The number of nitrogens with zero attached hydrogens (tertiary/aromatic N) is 2. The Morgan fingerprint density at radius 2 is 1.96 bits per heavy atom. The fourth-order valence-electron chi connectivity index (χ4n) is 2.65. The van der Waals surface area contributed by atoms with Gasteiger partial charge in [-0.3, -0.25) is 4.79 Å². The number of imidazole rings is 1. The summed E-state index contributed by atoms with van der Waals surface area (Å²) in [6.45, 7) is 3.63. The highest BCUT2D eigenvalue weighted by Gasteiger charge is 2.03. The fourth-order valence-corrected chi connectivity index (χ4v) is 3.50. The van der Waals surface area contributed by atoms with Crippen LogP contribution in [0.15, 0.2) is 59.8 Å². The molecule has 1 N–H and O–H groups in total. The van der Waals surface area contributed by atoms with E-state index in [1.165, 1.54) is 10.5 Å². The molecule has 0 aliphatic heterocycles. The molecule has 0 unspecified atom stereocenters. The summed E-state index contributed by atoms with van der Waals surface area (Å²) in [6, 6.07) is 16.5. The highest BCUT2D eigenvalue weighted by atomic mass is 32.2. The van der Waals surface area contributed by atoms with Crippen molar-refractivity contribution in [2.45, 2.75) is 31.2 Å². The Labute approximate surface area is 152 Å². The van der Waals surface area contributed by atoms with Gasteiger partial charge in [-0.05, 0) is 37.6 Å². The van der Waals surface area contributed by atoms with Gasteiger partial charge in [0.05, 0.1) is 17.4 Å². The number of rotatable bonds is 8. The Kier molecular flexibility index (Phi) is 6.12. The highest BCUT2D eigenvalue weighted by molar-refractivity contribution is 7.99. The van der Waals surface area contributed by atoms with Crippen LogP contribution < -0.4 is 5.32 Å². The van der Waals surface area contributed by atoms with Crippen molar-refractivity contribution in [2.75, 3.05) is 12.3 Å². The Hall–Kier alpha value is -2.27. The van der Waals surface area contributed by atoms with Crippen molar-refractivity contribution >= 4 is 28.7 Å². The minimum absolute atomic E-state index is 0.120. The Morgan fingerprint density at radius 1 is 1.16 bits per heavy atom. The maximum atomic E-state index is 11.9. The number of thioether (sulfide) groups is 1. The normalized spacial score (nSPS) is 10.9. The zero-order chi connectivity index (χ0) is 17.5. The fraction of sp³-hybridized carbons (Fsp3) is 0.300. The Bertz CT molecular complexity index is 826. The Balaban J connectivity index is 1.33. The first kappa shape index (κ1) is 17.5. The molecule has 3 rings (SSSR count). The molecule has 0 bridgehead atoms. The van der Waals surface area contributed by atoms with Crippen molar-refractivity contribution in [1.82, 2.24) is 14.9 Å². The van der Waals surface area contributed by atoms with Crippen LogP contribution in [-0.4, -0.2) is 27.8 Å². The van der Waals surface area contributed by atoms with Crippen LogP contribution >= 0.6 is 11.8 Å². The summed E-state index contributed by atoms with van der Waals surface area (Å²) in [4.78, 5) is 17.5. The van der Waals surface area contributed by atoms with Crippen LogP contribution in [0.4, 0.5) is 0 Å². The predicted octanol–water partition coefficient (Wildman–Crippen LogP) is 4.03. The average Bonchev–Trinajstić information content (AvgIpc) is 3.04. The van der Waals surface area contributed by atoms with Crippen LogP contribution in [-0.2, 0) is 11.3 Å². The monoisotopic (exact) mass is 353 g/mol. The summed E-state index contributed by atoms with van der Waals surface area (Å²) in [5, 5.41) is 3.00. The standard InChI is InChI=1S/C20H23N3OS/c1-16-7-9-17(10-8-16)25-14-11-20(24)21-12-4-13-23-15-22-18-5-2-3-6-19(18)23/h2-3,5-10,15H,4,11-14H2,1H3,(H,21,24). The molecular weight excluding hydrogens is 330 g/mol. The number of fused-ring (bicyclic) bond motifs is 1. The van der Waals surface area contributed by atoms with Gasteiger partial charge in [0.25, 0.3) is 0 Å². The van der Waals surface area contributed by atoms with Crippen molar-refractivity contribution in [3.05, 3.63) is 60.4 Å². The third-order valence-corrected chi connectivity index (χ3v) is 5.06. The van der Waals surface area contributed by atoms with E-state index in [0.717, 1.165) is 29.8 Å². The first-order valence-electron chi connectivity index (χ1n) is 8.58. The second-order valence-electron chi connectivity index (χ2n) is 6.04. The molecule has 0 spiro atoms. The molecule has 1 heterocycles. The van der Waals surface area contributed by atoms with Gasteiger partial charge in [-0.15, -0.1) is 11.8 Å². The number of carbonyl (C=O) groups excluding carboxylic acids is 1. The van der Waals surface area contributed by atoms with Gasteiger partial charge in [-0.1, -0.05) is 29.8 Å². The minimum Gasteiger partial charge on any atom is -0.356 e. The first-order valence-corrected chi connectivity index (χ1v) is 9.57. The second-order valence-corrected chi connectivity index (χ2v) is 7.21. The van der Waals surface area contributed by atoms with Crippen LogP contribution in [0.5, 0.6) is 0 Å². The summed E-state index contributed by atoms with van der Waals surface area (Å²) in [5.41, 5.74) is 3.41. The summed E-state index contributed by atoms with van der Waals surface area (Å²) in [7, 11) is 0. The smallest absolute Gasteiger partial charge is 0.220 e. The van der Waals surface area contributed by atoms with Crippen molar-refractivity contribution in [3.63, 3.8) is 0 Å². The van der Waals surface area contributed by atoms with E-state index in [0.29, 0.717) is 13.0 Å². The van der Waals surface area contributed by atoms with Crippen molar-refractivity contribution in [2.24, 2.45) is 0 Å². The lowest BCUT2D eigenvalue weighted by Crippen LogP contribution is -2.25. The van der Waals surface area contributed by atoms with Crippen LogP contribution in [0.1, 0.15) is 18.4 Å². The summed E-state index contributed by atoms with van der Waals surface area (Å²) < 4.78 is 2.13. The van der Waals surface area contributed by atoms with E-state index in [2.05, 4.69) is 52.1 Å². The molecular formula is C20H23N3OS. The lowest BCUT2D eigenvalue weighted by molar-refractivity contribution is -0.120. The number of hydrogen-bond acceptors (Lipinski definition) is 3. The molecule has 5 heteroatoms. The van der Waals surface area contributed by atoms with Crippen molar-refractivity contribution in [3.8, 4) is 0 Å². The van der Waals surface area contributed by atoms with Crippen LogP contribution in [0, 0.1) is 6.92 Å². The number of carbonyl (C=O) groups is 1. The number of hydrogen-bond donors (Lipinski definition) is 1. The van der Waals surface area contributed by atoms with Gasteiger partial charge in [-0.2, -0.15) is 0 Å². The summed E-state index contributed by atoms with van der Waals surface area (Å²) >= 11 is 1.72. The SMILES string of the molecule is Cc1ccc(SCCC(=O)NCCCn2cnc3ccccc32)cc1. The topological polar surface area (TPSA) is 46.9 Å². The highest BCUT2D eigenvalue weighted by Crippen LogP contribution is 2.18. The second kappa shape index (κ2) is 8.72. The molecule has 0 radical (unpaired) electrons. The first-order chi connectivity index (χ1) is 12.2. The lowest BCUT2D eigenvalue weighted by Gasteiger charge is -2.07. The lowest BCUT2D eigenvalue weighted by atomic mass is 10.2. The number of aryl methyl sites for hydroxylation is 2. The van der Waals surface area contributed by atoms with E-state index in [-0.39, 0.29) is 5.91 Å². The molecule has 4 nitrogen and oxygen atoms in total. The molecule has 0 aliphatic carbocycles. The van der Waals surface area contributed by atoms with E-state index in [1.54, 1.807) is 11.8 Å². The molecule has 3 aromatic rings. The third-order valence-electron chi connectivity index (χ3n) is 4.04. The number of para-hydroxylation sites is 2. The molecule has 0 fully saturated rings. The molecule has 25 heavy (non-hydrogen) atoms. The molecule has 0 saturated carbocycles. The van der Waals surface area contributed by atoms with Gasteiger partial charge in [0.15, 0.2) is 0 Å². The van der Waals surface area contributed by atoms with Gasteiger partial charge in [-0.25, -0.2) is 4.98 Å². The van der Waals surface area contributed by atoms with Crippen LogP contribution in [0.25, 0.3) is 11.0 Å². The van der Waals surface area contributed by atoms with Gasteiger partial charge in [0, 0.05) is 30.2 Å². The van der Waals surface area contributed by atoms with E-state index < -0.39 is 0 Å². The zero-order valence-electron chi connectivity index (χ0n) is 14.4. The minimum atomic E-state index is 0.120. The molecule has 1 aromatic heterocycles. The van der Waals surface area contributed by atoms with Gasteiger partial charge < -0.3 is 9.88 Å². The molecule has 0 saturated heterocycles. The predicted molar refractivity (Wildman–Crippen MR) is 104 cm³/mol. The molecule has 2 aromatic carbocycles. The average molecular weight is 353 g/mol. The van der Waals surface area contributed by atoms with Crippen LogP contribution in [0.2, 0.25) is 0 Å². The van der Waals surface area contributed by atoms with Gasteiger partial charge in [0.2, 0.25) is 5.91 Å². The molecule has 0 atom stereocenters. The number of aromatic nitrogens is 2. The number of amides is 1. The summed E-state index contributed by atoms with van der Waals surface area (Å²) in [5.74, 6) is 0.927. The molecule has 130 valence electrons. The number of nitrogens with one attached hydrogen (secondary N) is 1. The zero-order valence-corrected chi connectivity index (χ0v) is 15.3. The van der Waals surface area contributed by atoms with Crippen LogP contribution in [0.3, 0.4) is 0 Å². The third kappa shape index (κ3) is 5.10. The van der Waals surface area contributed by atoms with Gasteiger partial charge in [0.1, 0.15) is 0 Å². The van der Waals surface area contributed by atoms with E-state index in [9.17, 15) is 4.79 Å². The Morgan fingerprint density at radius 3 is 2.80 bits per heavy atom. The maximum Gasteiger partial charge on any atom is 0.220 e. The summed E-state index contributed by atoms with van der Waals surface area (Å²) in [6.07, 6.45) is 3.31. The molecule has 1 amide bonds. The maximum absolute atomic E-state index is 11.9. The van der Waals surface area contributed by atoms with E-state index >= 15 is 0 Å². The molecule has 0 aliphatic rings.